The van der Waals surface area contributed by atoms with Gasteiger partial charge in [-0.1, -0.05) is 35.8 Å². The normalized spacial score (nSPS) is 15.7. The Morgan fingerprint density at radius 2 is 1.96 bits per heavy atom. The lowest BCUT2D eigenvalue weighted by Gasteiger charge is -2.27. The number of nitrogens with one attached hydrogen (secondary N) is 1. The van der Waals surface area contributed by atoms with Crippen molar-refractivity contribution >= 4 is 23.6 Å². The number of carbonyl (C=O) groups is 2. The molecule has 0 bridgehead atoms. The molecule has 0 spiro atoms. The van der Waals surface area contributed by atoms with Gasteiger partial charge < -0.3 is 10.4 Å². The summed E-state index contributed by atoms with van der Waals surface area (Å²) in [6, 6.07) is 8.24. The minimum atomic E-state index is -0.982. The summed E-state index contributed by atoms with van der Waals surface area (Å²) in [6.45, 7) is 2.05. The van der Waals surface area contributed by atoms with Gasteiger partial charge in [-0.25, -0.2) is 4.68 Å². The molecule has 1 aliphatic carbocycles. The van der Waals surface area contributed by atoms with Crippen LogP contribution in [-0.4, -0.2) is 36.7 Å². The highest BCUT2D eigenvalue weighted by molar-refractivity contribution is 8.01. The van der Waals surface area contributed by atoms with Gasteiger partial charge in [0.25, 0.3) is 0 Å². The summed E-state index contributed by atoms with van der Waals surface area (Å²) in [7, 11) is 0. The molecule has 0 unspecified atom stereocenters. The molecule has 0 radical (unpaired) electrons. The Morgan fingerprint density at radius 1 is 1.27 bits per heavy atom. The second-order valence-corrected chi connectivity index (χ2v) is 8.06. The molecule has 1 heterocycles. The topological polar surface area (TPSA) is 97.1 Å². The van der Waals surface area contributed by atoms with Crippen LogP contribution in [0.15, 0.2) is 35.4 Å². The third-order valence-corrected chi connectivity index (χ3v) is 5.96. The van der Waals surface area contributed by atoms with E-state index >= 15 is 0 Å². The fraction of sp³-hybridized carbons (Fsp3) is 0.444. The zero-order valence-electron chi connectivity index (χ0n) is 14.6. The molecule has 2 aromatic rings. The van der Waals surface area contributed by atoms with E-state index in [1.165, 1.54) is 10.2 Å². The number of hydrogen-bond donors (Lipinski definition) is 2. The van der Waals surface area contributed by atoms with E-state index in [2.05, 4.69) is 39.9 Å². The van der Waals surface area contributed by atoms with Crippen molar-refractivity contribution in [3.63, 3.8) is 0 Å². The highest BCUT2D eigenvalue weighted by Gasteiger charge is 2.42. The first kappa shape index (κ1) is 18.4. The fourth-order valence-corrected chi connectivity index (χ4v) is 4.50. The van der Waals surface area contributed by atoms with Crippen LogP contribution in [0.5, 0.6) is 0 Å². The van der Waals surface area contributed by atoms with Gasteiger partial charge in [0, 0.05) is 4.90 Å². The number of aliphatic carboxylic acids is 1. The first-order chi connectivity index (χ1) is 12.5. The first-order valence-corrected chi connectivity index (χ1v) is 9.43. The molecule has 8 heteroatoms. The van der Waals surface area contributed by atoms with Gasteiger partial charge in [0.2, 0.25) is 5.91 Å². The van der Waals surface area contributed by atoms with Crippen LogP contribution in [0.3, 0.4) is 0 Å². The molecule has 26 heavy (non-hydrogen) atoms. The van der Waals surface area contributed by atoms with Crippen LogP contribution in [0.4, 0.5) is 0 Å². The lowest BCUT2D eigenvalue weighted by Crippen LogP contribution is -2.42. The van der Waals surface area contributed by atoms with E-state index in [4.69, 9.17) is 5.11 Å². The van der Waals surface area contributed by atoms with E-state index in [1.807, 2.05) is 6.92 Å². The maximum atomic E-state index is 12.9. The molecule has 7 nitrogen and oxygen atoms in total. The molecule has 138 valence electrons. The Labute approximate surface area is 156 Å². The third-order valence-electron chi connectivity index (χ3n) is 4.47. The van der Waals surface area contributed by atoms with E-state index in [-0.39, 0.29) is 19.0 Å². The highest BCUT2D eigenvalue weighted by Crippen LogP contribution is 2.45. The third kappa shape index (κ3) is 4.43. The molecule has 0 aliphatic heterocycles. The van der Waals surface area contributed by atoms with Crippen molar-refractivity contribution in [2.45, 2.75) is 55.3 Å². The van der Waals surface area contributed by atoms with Gasteiger partial charge in [-0.05, 0) is 31.9 Å². The van der Waals surface area contributed by atoms with Gasteiger partial charge in [0.15, 0.2) is 0 Å². The Kier molecular flexibility index (Phi) is 5.61. The highest BCUT2D eigenvalue weighted by atomic mass is 32.2. The van der Waals surface area contributed by atoms with Crippen molar-refractivity contribution in [1.29, 1.82) is 0 Å². The molecule has 1 aromatic heterocycles. The van der Waals surface area contributed by atoms with Crippen LogP contribution in [0, 0.1) is 6.92 Å². The lowest BCUT2D eigenvalue weighted by molar-refractivity contribution is -0.138. The van der Waals surface area contributed by atoms with Gasteiger partial charge >= 0.3 is 5.97 Å². The van der Waals surface area contributed by atoms with Gasteiger partial charge in [-0.15, -0.1) is 16.9 Å². The van der Waals surface area contributed by atoms with Gasteiger partial charge in [-0.3, -0.25) is 9.59 Å². The van der Waals surface area contributed by atoms with Crippen LogP contribution in [-0.2, 0) is 22.7 Å². The van der Waals surface area contributed by atoms with Gasteiger partial charge in [0.05, 0.1) is 17.5 Å². The molecule has 1 fully saturated rings. The van der Waals surface area contributed by atoms with Crippen molar-refractivity contribution in [2.24, 2.45) is 0 Å². The molecule has 1 aliphatic rings. The van der Waals surface area contributed by atoms with Crippen molar-refractivity contribution in [1.82, 2.24) is 20.3 Å². The van der Waals surface area contributed by atoms with Crippen LogP contribution < -0.4 is 5.32 Å². The number of benzene rings is 1. The fourth-order valence-electron chi connectivity index (χ4n) is 3.12. The number of thioether (sulfide) groups is 1. The quantitative estimate of drug-likeness (QED) is 0.772. The molecular weight excluding hydrogens is 352 g/mol. The Morgan fingerprint density at radius 3 is 2.62 bits per heavy atom. The number of aromatic nitrogens is 3. The van der Waals surface area contributed by atoms with Gasteiger partial charge in [-0.2, -0.15) is 0 Å². The molecule has 0 saturated heterocycles. The van der Waals surface area contributed by atoms with Crippen molar-refractivity contribution < 1.29 is 14.7 Å². The smallest absolute Gasteiger partial charge is 0.325 e. The lowest BCUT2D eigenvalue weighted by atomic mass is 10.1. The summed E-state index contributed by atoms with van der Waals surface area (Å²) in [5, 5.41) is 19.4. The molecule has 1 aromatic carbocycles. The molecule has 1 saturated carbocycles. The molecule has 3 rings (SSSR count). The van der Waals surface area contributed by atoms with Gasteiger partial charge in [0.1, 0.15) is 12.2 Å². The summed E-state index contributed by atoms with van der Waals surface area (Å²) in [5.74, 6) is -0.974. The standard InChI is InChI=1S/C18H22N4O3S/c1-13-4-6-15(7-5-13)26-18(8-2-3-9-18)17(25)19-10-14-11-22(21-20-14)12-16(23)24/h4-7,11H,2-3,8-10,12H2,1H3,(H,19,25)(H,23,24). The number of carboxylic acids is 1. The summed E-state index contributed by atoms with van der Waals surface area (Å²) < 4.78 is 0.794. The monoisotopic (exact) mass is 374 g/mol. The molecular formula is C18H22N4O3S. The van der Waals surface area contributed by atoms with Crippen molar-refractivity contribution in [3.8, 4) is 0 Å². The number of hydrogen-bond acceptors (Lipinski definition) is 5. The average Bonchev–Trinajstić information content (AvgIpc) is 3.25. The SMILES string of the molecule is Cc1ccc(SC2(C(=O)NCc3cn(CC(=O)O)nn3)CCCC2)cc1. The zero-order chi connectivity index (χ0) is 18.6. The summed E-state index contributed by atoms with van der Waals surface area (Å²) >= 11 is 1.63. The summed E-state index contributed by atoms with van der Waals surface area (Å²) in [6.07, 6.45) is 5.33. The Bertz CT molecular complexity index is 782. The number of carbonyl (C=O) groups excluding carboxylic acids is 1. The average molecular weight is 374 g/mol. The van der Waals surface area contributed by atoms with E-state index in [0.717, 1.165) is 30.6 Å². The van der Waals surface area contributed by atoms with E-state index in [0.29, 0.717) is 5.69 Å². The Balaban J connectivity index is 1.64. The second kappa shape index (κ2) is 7.90. The Hall–Kier alpha value is -2.35. The molecule has 1 amide bonds. The predicted octanol–water partition coefficient (Wildman–Crippen LogP) is 2.39. The van der Waals surface area contributed by atoms with Crippen molar-refractivity contribution in [2.75, 3.05) is 0 Å². The predicted molar refractivity (Wildman–Crippen MR) is 97.7 cm³/mol. The van der Waals surface area contributed by atoms with E-state index < -0.39 is 10.7 Å². The zero-order valence-corrected chi connectivity index (χ0v) is 15.5. The second-order valence-electron chi connectivity index (χ2n) is 6.60. The number of aryl methyl sites for hydroxylation is 1. The number of carboxylic acid groups (broad SMARTS) is 1. The van der Waals surface area contributed by atoms with Crippen LogP contribution in [0.2, 0.25) is 0 Å². The first-order valence-electron chi connectivity index (χ1n) is 8.62. The molecule has 2 N–H and O–H groups in total. The van der Waals surface area contributed by atoms with E-state index in [1.54, 1.807) is 18.0 Å². The summed E-state index contributed by atoms with van der Waals surface area (Å²) in [4.78, 5) is 24.7. The maximum Gasteiger partial charge on any atom is 0.325 e. The summed E-state index contributed by atoms with van der Waals surface area (Å²) in [5.41, 5.74) is 1.75. The number of nitrogens with zero attached hydrogens (tertiary/aromatic N) is 3. The molecule has 0 atom stereocenters. The minimum Gasteiger partial charge on any atom is -0.480 e. The van der Waals surface area contributed by atoms with E-state index in [9.17, 15) is 9.59 Å². The van der Waals surface area contributed by atoms with Crippen molar-refractivity contribution in [3.05, 3.63) is 41.7 Å². The van der Waals surface area contributed by atoms with Crippen LogP contribution >= 0.6 is 11.8 Å². The number of rotatable bonds is 7. The minimum absolute atomic E-state index is 0.00774. The maximum absolute atomic E-state index is 12.9. The van der Waals surface area contributed by atoms with Crippen LogP contribution in [0.25, 0.3) is 0 Å². The largest absolute Gasteiger partial charge is 0.480 e. The number of amides is 1. The van der Waals surface area contributed by atoms with Crippen LogP contribution in [0.1, 0.15) is 36.9 Å².